The number of Topliss-reactive ketones (excluding diaryl/α,β-unsaturated/α-hetero) is 1. The Hall–Kier alpha value is -3.28. The highest BCUT2D eigenvalue weighted by Gasteiger charge is 2.16. The van der Waals surface area contributed by atoms with Crippen molar-refractivity contribution in [1.82, 2.24) is 9.97 Å². The Morgan fingerprint density at radius 2 is 1.71 bits per heavy atom. The lowest BCUT2D eigenvalue weighted by Gasteiger charge is -2.07. The molecule has 2 aromatic carbocycles. The van der Waals surface area contributed by atoms with Crippen molar-refractivity contribution in [1.29, 1.82) is 0 Å². The smallest absolute Gasteiger partial charge is 0.379 e. The number of rotatable bonds is 5. The van der Waals surface area contributed by atoms with E-state index in [9.17, 15) is 9.59 Å². The summed E-state index contributed by atoms with van der Waals surface area (Å²) in [5.74, 6) is -1.02. The van der Waals surface area contributed by atoms with E-state index in [-0.39, 0.29) is 12.2 Å². The number of aromatic nitrogens is 2. The van der Waals surface area contributed by atoms with Gasteiger partial charge in [-0.3, -0.25) is 9.78 Å². The van der Waals surface area contributed by atoms with Crippen molar-refractivity contribution in [2.24, 2.45) is 0 Å². The first-order chi connectivity index (χ1) is 11.7. The Morgan fingerprint density at radius 1 is 1.00 bits per heavy atom. The van der Waals surface area contributed by atoms with Crippen LogP contribution in [-0.2, 0) is 16.1 Å². The van der Waals surface area contributed by atoms with Gasteiger partial charge in [0.25, 0.3) is 5.78 Å². The first kappa shape index (κ1) is 15.6. The van der Waals surface area contributed by atoms with E-state index in [0.29, 0.717) is 11.4 Å². The van der Waals surface area contributed by atoms with Crippen LogP contribution in [0.25, 0.3) is 11.0 Å². The van der Waals surface area contributed by atoms with E-state index in [2.05, 4.69) is 14.7 Å². The minimum absolute atomic E-state index is 0.250. The number of hydrogen-bond acceptors (Lipinski definition) is 6. The van der Waals surface area contributed by atoms with Crippen molar-refractivity contribution in [3.05, 3.63) is 66.0 Å². The van der Waals surface area contributed by atoms with E-state index >= 15 is 0 Å². The predicted octanol–water partition coefficient (Wildman–Crippen LogP) is 2.56. The molecule has 0 atom stereocenters. The summed E-state index contributed by atoms with van der Waals surface area (Å²) in [4.78, 5) is 31.6. The van der Waals surface area contributed by atoms with Gasteiger partial charge in [0, 0.05) is 5.56 Å². The van der Waals surface area contributed by atoms with Crippen LogP contribution in [0.3, 0.4) is 0 Å². The van der Waals surface area contributed by atoms with Gasteiger partial charge in [-0.1, -0.05) is 12.1 Å². The summed E-state index contributed by atoms with van der Waals surface area (Å²) >= 11 is 0. The Bertz CT molecular complexity index is 891. The number of benzene rings is 2. The summed E-state index contributed by atoms with van der Waals surface area (Å²) in [6, 6.07) is 13.8. The first-order valence-electron chi connectivity index (χ1n) is 7.23. The summed E-state index contributed by atoms with van der Waals surface area (Å²) in [7, 11) is 1.17. The molecule has 0 saturated carbocycles. The van der Waals surface area contributed by atoms with E-state index in [1.807, 2.05) is 24.3 Å². The molecule has 120 valence electrons. The first-order valence-corrected chi connectivity index (χ1v) is 7.23. The standard InChI is InChI=1S/C18H14N2O4/c1-23-18(22)17(21)12-6-8-14(9-7-12)24-11-13-10-19-15-4-2-3-5-16(15)20-13/h2-10H,11H2,1H3. The second kappa shape index (κ2) is 6.87. The molecule has 1 heterocycles. The van der Waals surface area contributed by atoms with Gasteiger partial charge >= 0.3 is 5.97 Å². The zero-order chi connectivity index (χ0) is 16.9. The lowest BCUT2D eigenvalue weighted by Crippen LogP contribution is -2.15. The summed E-state index contributed by atoms with van der Waals surface area (Å²) in [6.45, 7) is 0.252. The molecule has 24 heavy (non-hydrogen) atoms. The Morgan fingerprint density at radius 3 is 2.42 bits per heavy atom. The topological polar surface area (TPSA) is 78.4 Å². The fourth-order valence-corrected chi connectivity index (χ4v) is 2.14. The highest BCUT2D eigenvalue weighted by Crippen LogP contribution is 2.15. The third-order valence-corrected chi connectivity index (χ3v) is 3.37. The summed E-state index contributed by atoms with van der Waals surface area (Å²) in [6.07, 6.45) is 1.66. The van der Waals surface area contributed by atoms with Crippen molar-refractivity contribution < 1.29 is 19.1 Å². The Labute approximate surface area is 138 Å². The minimum atomic E-state index is -0.893. The molecule has 0 fully saturated rings. The monoisotopic (exact) mass is 322 g/mol. The number of ether oxygens (including phenoxy) is 2. The molecule has 0 spiro atoms. The average Bonchev–Trinajstić information content (AvgIpc) is 2.65. The molecule has 0 aliphatic rings. The van der Waals surface area contributed by atoms with E-state index < -0.39 is 11.8 Å². The molecule has 3 rings (SSSR count). The SMILES string of the molecule is COC(=O)C(=O)c1ccc(OCc2cnc3ccccc3n2)cc1. The largest absolute Gasteiger partial charge is 0.487 e. The molecule has 0 radical (unpaired) electrons. The number of hydrogen-bond donors (Lipinski definition) is 0. The lowest BCUT2D eigenvalue weighted by molar-refractivity contribution is -0.135. The molecule has 6 nitrogen and oxygen atoms in total. The molecular weight excluding hydrogens is 308 g/mol. The zero-order valence-corrected chi connectivity index (χ0v) is 12.9. The summed E-state index contributed by atoms with van der Waals surface area (Å²) < 4.78 is 10.0. The molecule has 3 aromatic rings. The maximum Gasteiger partial charge on any atom is 0.379 e. The number of methoxy groups -OCH3 is 1. The van der Waals surface area contributed by atoms with Crippen molar-refractivity contribution in [2.75, 3.05) is 7.11 Å². The molecule has 0 saturated heterocycles. The average molecular weight is 322 g/mol. The van der Waals surface area contributed by atoms with Crippen molar-refractivity contribution >= 4 is 22.8 Å². The van der Waals surface area contributed by atoms with Crippen molar-refractivity contribution in [3.63, 3.8) is 0 Å². The third kappa shape index (κ3) is 3.38. The van der Waals surface area contributed by atoms with Crippen LogP contribution in [0.15, 0.2) is 54.7 Å². The van der Waals surface area contributed by atoms with Crippen LogP contribution >= 0.6 is 0 Å². The molecule has 6 heteroatoms. The Balaban J connectivity index is 1.67. The van der Waals surface area contributed by atoms with Crippen LogP contribution in [0.1, 0.15) is 16.1 Å². The number of carbonyl (C=O) groups excluding carboxylic acids is 2. The zero-order valence-electron chi connectivity index (χ0n) is 12.9. The van der Waals surface area contributed by atoms with E-state index in [1.165, 1.54) is 19.2 Å². The highest BCUT2D eigenvalue weighted by molar-refractivity contribution is 6.40. The number of esters is 1. The van der Waals surface area contributed by atoms with E-state index in [0.717, 1.165) is 11.0 Å². The van der Waals surface area contributed by atoms with Crippen molar-refractivity contribution in [2.45, 2.75) is 6.61 Å². The number of para-hydroxylation sites is 2. The van der Waals surface area contributed by atoms with Gasteiger partial charge in [-0.2, -0.15) is 0 Å². The molecular formula is C18H14N2O4. The van der Waals surface area contributed by atoms with E-state index in [1.54, 1.807) is 18.3 Å². The van der Waals surface area contributed by atoms with Gasteiger partial charge in [-0.15, -0.1) is 0 Å². The highest BCUT2D eigenvalue weighted by atomic mass is 16.5. The van der Waals surface area contributed by atoms with Crippen LogP contribution in [0.5, 0.6) is 5.75 Å². The summed E-state index contributed by atoms with van der Waals surface area (Å²) in [5, 5.41) is 0. The van der Waals surface area contributed by atoms with Gasteiger partial charge in [0.2, 0.25) is 0 Å². The molecule has 1 aromatic heterocycles. The second-order valence-electron chi connectivity index (χ2n) is 4.98. The lowest BCUT2D eigenvalue weighted by atomic mass is 10.1. The van der Waals surface area contributed by atoms with Gasteiger partial charge in [-0.05, 0) is 36.4 Å². The van der Waals surface area contributed by atoms with Gasteiger partial charge in [0.1, 0.15) is 12.4 Å². The molecule has 0 unspecified atom stereocenters. The number of nitrogens with zero attached hydrogens (tertiary/aromatic N) is 2. The van der Waals surface area contributed by atoms with Crippen LogP contribution in [-0.4, -0.2) is 28.8 Å². The molecule has 0 amide bonds. The molecule has 0 aliphatic heterocycles. The molecule has 0 bridgehead atoms. The van der Waals surface area contributed by atoms with Crippen LogP contribution in [0.2, 0.25) is 0 Å². The van der Waals surface area contributed by atoms with Gasteiger partial charge in [-0.25, -0.2) is 9.78 Å². The maximum atomic E-state index is 11.7. The van der Waals surface area contributed by atoms with Crippen LogP contribution in [0.4, 0.5) is 0 Å². The maximum absolute atomic E-state index is 11.7. The molecule has 0 aliphatic carbocycles. The van der Waals surface area contributed by atoms with Gasteiger partial charge in [0.05, 0.1) is 30.0 Å². The minimum Gasteiger partial charge on any atom is -0.487 e. The normalized spacial score (nSPS) is 10.4. The number of ketones is 1. The second-order valence-corrected chi connectivity index (χ2v) is 4.98. The number of carbonyl (C=O) groups is 2. The third-order valence-electron chi connectivity index (χ3n) is 3.37. The van der Waals surface area contributed by atoms with Crippen LogP contribution < -0.4 is 4.74 Å². The van der Waals surface area contributed by atoms with E-state index in [4.69, 9.17) is 4.74 Å². The predicted molar refractivity (Wildman–Crippen MR) is 86.7 cm³/mol. The van der Waals surface area contributed by atoms with Crippen LogP contribution in [0, 0.1) is 0 Å². The van der Waals surface area contributed by atoms with Gasteiger partial charge < -0.3 is 9.47 Å². The fourth-order valence-electron chi connectivity index (χ4n) is 2.14. The molecule has 0 N–H and O–H groups in total. The fraction of sp³-hybridized carbons (Fsp3) is 0.111. The van der Waals surface area contributed by atoms with Crippen molar-refractivity contribution in [3.8, 4) is 5.75 Å². The quantitative estimate of drug-likeness (QED) is 0.408. The Kier molecular flexibility index (Phi) is 4.47. The van der Waals surface area contributed by atoms with Gasteiger partial charge in [0.15, 0.2) is 0 Å². The summed E-state index contributed by atoms with van der Waals surface area (Å²) in [5.41, 5.74) is 2.58. The number of fused-ring (bicyclic) bond motifs is 1.